The molecule has 4 nitrogen and oxygen atoms in total. The number of thiophene rings is 1. The van der Waals surface area contributed by atoms with Gasteiger partial charge in [-0.3, -0.25) is 0 Å². The van der Waals surface area contributed by atoms with Crippen LogP contribution in [-0.2, 0) is 6.61 Å². The molecule has 1 aromatic heterocycles. The predicted molar refractivity (Wildman–Crippen MR) is 81.2 cm³/mol. The molecule has 0 radical (unpaired) electrons. The lowest BCUT2D eigenvalue weighted by Crippen LogP contribution is -1.94. The molecular formula is C16H12O4S. The topological polar surface area (TPSA) is 66.8 Å². The van der Waals surface area contributed by atoms with Gasteiger partial charge in [0.2, 0.25) is 0 Å². The first kappa shape index (κ1) is 13.5. The van der Waals surface area contributed by atoms with Crippen molar-refractivity contribution in [1.82, 2.24) is 0 Å². The zero-order valence-corrected chi connectivity index (χ0v) is 11.8. The summed E-state index contributed by atoms with van der Waals surface area (Å²) in [6, 6.07) is 13.7. The summed E-state index contributed by atoms with van der Waals surface area (Å²) in [5.41, 5.74) is 0.282. The summed E-state index contributed by atoms with van der Waals surface area (Å²) < 4.78 is 6.53. The number of benzene rings is 2. The molecule has 3 aromatic rings. The third-order valence-electron chi connectivity index (χ3n) is 3.02. The van der Waals surface area contributed by atoms with Crippen molar-refractivity contribution in [2.75, 3.05) is 0 Å². The Hall–Kier alpha value is -2.53. The van der Waals surface area contributed by atoms with Crippen LogP contribution in [0.1, 0.15) is 15.2 Å². The highest BCUT2D eigenvalue weighted by molar-refractivity contribution is 7.19. The van der Waals surface area contributed by atoms with Crippen LogP contribution in [0.25, 0.3) is 10.1 Å². The number of phenolic OH excluding ortho intramolecular Hbond substituents is 1. The van der Waals surface area contributed by atoms with Crippen LogP contribution >= 0.6 is 11.3 Å². The van der Waals surface area contributed by atoms with Gasteiger partial charge in [-0.1, -0.05) is 12.1 Å². The number of carbonyl (C=O) groups is 1. The Morgan fingerprint density at radius 2 is 2.00 bits per heavy atom. The Kier molecular flexibility index (Phi) is 3.50. The van der Waals surface area contributed by atoms with E-state index in [1.807, 2.05) is 6.07 Å². The maximum absolute atomic E-state index is 11.0. The van der Waals surface area contributed by atoms with Crippen LogP contribution in [-0.4, -0.2) is 16.2 Å². The second kappa shape index (κ2) is 5.46. The number of aromatic carboxylic acids is 1. The van der Waals surface area contributed by atoms with Crippen LogP contribution in [0.4, 0.5) is 0 Å². The number of carboxylic acids is 1. The number of hydrogen-bond donors (Lipinski definition) is 2. The van der Waals surface area contributed by atoms with Gasteiger partial charge in [-0.25, -0.2) is 4.79 Å². The molecule has 0 saturated carbocycles. The Labute approximate surface area is 124 Å². The Bertz CT molecular complexity index is 807. The van der Waals surface area contributed by atoms with Gasteiger partial charge in [0.1, 0.15) is 18.1 Å². The predicted octanol–water partition coefficient (Wildman–Crippen LogP) is 3.88. The summed E-state index contributed by atoms with van der Waals surface area (Å²) in [6.07, 6.45) is 0. The van der Waals surface area contributed by atoms with E-state index in [4.69, 9.17) is 9.84 Å². The van der Waals surface area contributed by atoms with Gasteiger partial charge in [0.25, 0.3) is 0 Å². The monoisotopic (exact) mass is 300 g/mol. The van der Waals surface area contributed by atoms with Crippen LogP contribution in [0.3, 0.4) is 0 Å². The highest BCUT2D eigenvalue weighted by Crippen LogP contribution is 2.28. The van der Waals surface area contributed by atoms with E-state index in [0.29, 0.717) is 12.4 Å². The van der Waals surface area contributed by atoms with E-state index in [2.05, 4.69) is 0 Å². The van der Waals surface area contributed by atoms with Gasteiger partial charge in [0, 0.05) is 15.6 Å². The molecule has 0 atom stereocenters. The van der Waals surface area contributed by atoms with Gasteiger partial charge in [-0.05, 0) is 35.7 Å². The highest BCUT2D eigenvalue weighted by Gasteiger charge is 2.07. The zero-order valence-electron chi connectivity index (χ0n) is 10.9. The number of ether oxygens (including phenoxy) is 1. The summed E-state index contributed by atoms with van der Waals surface area (Å²) in [4.78, 5) is 11.9. The first-order valence-corrected chi connectivity index (χ1v) is 7.11. The molecule has 0 bridgehead atoms. The second-order valence-electron chi connectivity index (χ2n) is 4.56. The van der Waals surface area contributed by atoms with Crippen LogP contribution < -0.4 is 4.74 Å². The van der Waals surface area contributed by atoms with Crippen molar-refractivity contribution >= 4 is 27.4 Å². The summed E-state index contributed by atoms with van der Waals surface area (Å²) in [6.45, 7) is 0.380. The summed E-state index contributed by atoms with van der Waals surface area (Å²) in [7, 11) is 0. The van der Waals surface area contributed by atoms with E-state index in [9.17, 15) is 9.90 Å². The molecule has 0 unspecified atom stereocenters. The van der Waals surface area contributed by atoms with Crippen LogP contribution in [0, 0.1) is 0 Å². The molecule has 2 N–H and O–H groups in total. The number of hydrogen-bond acceptors (Lipinski definition) is 4. The lowest BCUT2D eigenvalue weighted by molar-refractivity contribution is 0.0697. The zero-order chi connectivity index (χ0) is 14.8. The molecular weight excluding hydrogens is 288 g/mol. The van der Waals surface area contributed by atoms with Crippen molar-refractivity contribution in [3.8, 4) is 11.5 Å². The minimum Gasteiger partial charge on any atom is -0.508 e. The number of phenols is 1. The van der Waals surface area contributed by atoms with Gasteiger partial charge in [0.05, 0.1) is 5.56 Å². The van der Waals surface area contributed by atoms with E-state index in [1.165, 1.54) is 11.3 Å². The Morgan fingerprint density at radius 1 is 1.14 bits per heavy atom. The van der Waals surface area contributed by atoms with Crippen molar-refractivity contribution in [2.45, 2.75) is 6.61 Å². The summed E-state index contributed by atoms with van der Waals surface area (Å²) in [5.74, 6) is -0.170. The van der Waals surface area contributed by atoms with E-state index in [1.54, 1.807) is 42.5 Å². The van der Waals surface area contributed by atoms with Crippen molar-refractivity contribution in [1.29, 1.82) is 0 Å². The average molecular weight is 300 g/mol. The van der Waals surface area contributed by atoms with Crippen molar-refractivity contribution < 1.29 is 19.7 Å². The molecule has 0 saturated heterocycles. The average Bonchev–Trinajstić information content (AvgIpc) is 2.87. The number of rotatable bonds is 4. The normalized spacial score (nSPS) is 10.7. The van der Waals surface area contributed by atoms with Crippen LogP contribution in [0.5, 0.6) is 11.5 Å². The Morgan fingerprint density at radius 3 is 2.76 bits per heavy atom. The van der Waals surface area contributed by atoms with Gasteiger partial charge >= 0.3 is 5.97 Å². The SMILES string of the molecule is O=C(O)c1ccc2cc(COc3cccc(O)c3)sc2c1. The molecule has 1 heterocycles. The molecule has 2 aromatic carbocycles. The molecule has 0 fully saturated rings. The second-order valence-corrected chi connectivity index (χ2v) is 5.72. The first-order valence-electron chi connectivity index (χ1n) is 6.29. The minimum absolute atomic E-state index is 0.162. The molecule has 0 spiro atoms. The Balaban J connectivity index is 1.80. The molecule has 21 heavy (non-hydrogen) atoms. The highest BCUT2D eigenvalue weighted by atomic mass is 32.1. The van der Waals surface area contributed by atoms with Crippen molar-refractivity contribution in [3.05, 3.63) is 59.0 Å². The van der Waals surface area contributed by atoms with Crippen molar-refractivity contribution in [3.63, 3.8) is 0 Å². The fourth-order valence-electron chi connectivity index (χ4n) is 2.02. The fraction of sp³-hybridized carbons (Fsp3) is 0.0625. The van der Waals surface area contributed by atoms with Gasteiger partial charge in [0.15, 0.2) is 0 Å². The molecule has 0 aliphatic rings. The molecule has 0 aliphatic carbocycles. The van der Waals surface area contributed by atoms with Gasteiger partial charge in [-0.15, -0.1) is 11.3 Å². The summed E-state index contributed by atoms with van der Waals surface area (Å²) in [5, 5.41) is 19.4. The van der Waals surface area contributed by atoms with Gasteiger partial charge < -0.3 is 14.9 Å². The quantitative estimate of drug-likeness (QED) is 0.767. The van der Waals surface area contributed by atoms with Gasteiger partial charge in [-0.2, -0.15) is 0 Å². The third kappa shape index (κ3) is 2.98. The third-order valence-corrected chi connectivity index (χ3v) is 4.09. The van der Waals surface area contributed by atoms with Crippen molar-refractivity contribution in [2.24, 2.45) is 0 Å². The molecule has 0 amide bonds. The number of aromatic hydroxyl groups is 1. The maximum atomic E-state index is 11.0. The molecule has 0 aliphatic heterocycles. The lowest BCUT2D eigenvalue weighted by atomic mass is 10.2. The van der Waals surface area contributed by atoms with E-state index < -0.39 is 5.97 Å². The molecule has 106 valence electrons. The van der Waals surface area contributed by atoms with Crippen LogP contribution in [0.2, 0.25) is 0 Å². The van der Waals surface area contributed by atoms with E-state index in [0.717, 1.165) is 15.0 Å². The molecule has 3 rings (SSSR count). The first-order chi connectivity index (χ1) is 10.1. The largest absolute Gasteiger partial charge is 0.508 e. The smallest absolute Gasteiger partial charge is 0.335 e. The lowest BCUT2D eigenvalue weighted by Gasteiger charge is -2.04. The number of fused-ring (bicyclic) bond motifs is 1. The fourth-order valence-corrected chi connectivity index (χ4v) is 3.03. The molecule has 5 heteroatoms. The van der Waals surface area contributed by atoms with Crippen LogP contribution in [0.15, 0.2) is 48.5 Å². The number of carboxylic acid groups (broad SMARTS) is 1. The van der Waals surface area contributed by atoms with E-state index in [-0.39, 0.29) is 11.3 Å². The summed E-state index contributed by atoms with van der Waals surface area (Å²) >= 11 is 1.50. The maximum Gasteiger partial charge on any atom is 0.335 e. The van der Waals surface area contributed by atoms with E-state index >= 15 is 0 Å². The minimum atomic E-state index is -0.928. The standard InChI is InChI=1S/C16H12O4S/c17-12-2-1-3-13(8-12)20-9-14-6-10-4-5-11(16(18)19)7-15(10)21-14/h1-8,17H,9H2,(H,18,19).